The molecule has 0 atom stereocenters. The second-order valence-corrected chi connectivity index (χ2v) is 10.3. The normalized spacial score (nSPS) is 31.8. The van der Waals surface area contributed by atoms with E-state index in [1.54, 1.807) is 6.21 Å². The molecule has 1 aliphatic heterocycles. The van der Waals surface area contributed by atoms with Crippen LogP contribution >= 0.6 is 27.3 Å². The molecule has 0 radical (unpaired) electrons. The van der Waals surface area contributed by atoms with Crippen molar-refractivity contribution in [1.29, 1.82) is 0 Å². The van der Waals surface area contributed by atoms with Crippen molar-refractivity contribution in [2.24, 2.45) is 17.4 Å². The Bertz CT molecular complexity index is 1240. The predicted octanol–water partition coefficient (Wildman–Crippen LogP) is 4.49. The van der Waals surface area contributed by atoms with E-state index < -0.39 is 18.0 Å². The van der Waals surface area contributed by atoms with E-state index >= 15 is 0 Å². The van der Waals surface area contributed by atoms with Crippen molar-refractivity contribution in [3.8, 4) is 0 Å². The van der Waals surface area contributed by atoms with Crippen molar-refractivity contribution in [1.82, 2.24) is 15.0 Å². The van der Waals surface area contributed by atoms with Crippen LogP contribution in [0.5, 0.6) is 0 Å². The monoisotopic (exact) mass is 477 g/mol. The third-order valence-corrected chi connectivity index (χ3v) is 9.30. The largest absolute Gasteiger partial charge is 0.298 e. The molecule has 8 heteroatoms. The van der Waals surface area contributed by atoms with Crippen molar-refractivity contribution in [2.45, 2.75) is 50.9 Å². The van der Waals surface area contributed by atoms with Crippen LogP contribution in [0.3, 0.4) is 0 Å². The molecule has 0 amide bonds. The minimum absolute atomic E-state index is 0.243. The van der Waals surface area contributed by atoms with E-state index in [0.29, 0.717) is 35.3 Å². The number of thiophene rings is 1. The number of aromatic nitrogens is 2. The van der Waals surface area contributed by atoms with E-state index in [0.717, 1.165) is 44.6 Å². The molecule has 3 fully saturated rings. The van der Waals surface area contributed by atoms with Crippen LogP contribution in [0.1, 0.15) is 53.3 Å². The highest BCUT2D eigenvalue weighted by Crippen LogP contribution is 2.60. The van der Waals surface area contributed by atoms with Crippen molar-refractivity contribution < 1.29 is 9.32 Å². The molecule has 0 aromatic carbocycles. The van der Waals surface area contributed by atoms with Gasteiger partial charge < -0.3 is 0 Å². The fourth-order valence-corrected chi connectivity index (χ4v) is 6.84. The smallest absolute Gasteiger partial charge is 0.271 e. The molecule has 3 aliphatic carbocycles. The number of nitrogens with one attached hydrogen (secondary N) is 1. The Hall–Kier alpha value is -1.77. The van der Waals surface area contributed by atoms with Gasteiger partial charge in [0.25, 0.3) is 5.56 Å². The zero-order valence-corrected chi connectivity index (χ0v) is 18.4. The average molecular weight is 478 g/mol. The van der Waals surface area contributed by atoms with Crippen LogP contribution < -0.4 is 11.0 Å². The van der Waals surface area contributed by atoms with Crippen molar-refractivity contribution in [3.05, 3.63) is 49.1 Å². The number of nitrogens with zero attached hydrogens (tertiary/aromatic N) is 3. The van der Waals surface area contributed by atoms with Gasteiger partial charge in [0.2, 0.25) is 0 Å². The third-order valence-electron chi connectivity index (χ3n) is 6.99. The molecule has 0 unspecified atom stereocenters. The van der Waals surface area contributed by atoms with E-state index in [4.69, 9.17) is 9.10 Å². The topological polar surface area (TPSA) is 79.5 Å². The van der Waals surface area contributed by atoms with E-state index in [1.807, 2.05) is 19.1 Å². The maximum atomic E-state index is 13.3. The van der Waals surface area contributed by atoms with Gasteiger partial charge in [-0.3, -0.25) is 25.0 Å². The van der Waals surface area contributed by atoms with E-state index in [-0.39, 0.29) is 5.41 Å². The van der Waals surface area contributed by atoms with Crippen LogP contribution in [0.2, 0.25) is 0 Å². The maximum Gasteiger partial charge on any atom is 0.271 e. The summed E-state index contributed by atoms with van der Waals surface area (Å²) >= 11 is 4.81. The summed E-state index contributed by atoms with van der Waals surface area (Å²) in [4.78, 5) is 23.4. The molecule has 0 saturated heterocycles. The number of aryl methyl sites for hydroxylation is 1. The molecule has 2 aromatic rings. The van der Waals surface area contributed by atoms with Gasteiger partial charge in [-0.15, -0.1) is 11.3 Å². The molecular formula is C21H23BrN4O2S. The van der Waals surface area contributed by atoms with Crippen molar-refractivity contribution in [2.75, 3.05) is 0 Å². The van der Waals surface area contributed by atoms with Crippen molar-refractivity contribution >= 4 is 43.7 Å². The molecule has 2 N–H and O–H groups in total. The summed E-state index contributed by atoms with van der Waals surface area (Å²) in [7, 11) is 0. The lowest BCUT2D eigenvalue weighted by Gasteiger charge is -2.53. The molecule has 2 aromatic heterocycles. The first-order chi connectivity index (χ1) is 15.1. The van der Waals surface area contributed by atoms with Gasteiger partial charge in [0.1, 0.15) is 16.0 Å². The second kappa shape index (κ2) is 6.62. The molecule has 3 heterocycles. The fraction of sp³-hybridized carbons (Fsp3) is 0.476. The Balaban J connectivity index is 1.63. The summed E-state index contributed by atoms with van der Waals surface area (Å²) in [5.74, 6) is 0.367. The SMILES string of the molecule is [2H]C([2H])([2H])n1c(C23CCC(C(NO)=C4C=CC=N4)(CC2)CC3)nc2c(Br)c(C)sc2c1=O. The first-order valence-corrected chi connectivity index (χ1v) is 11.3. The molecule has 3 saturated carbocycles. The minimum atomic E-state index is -2.61. The lowest BCUT2D eigenvalue weighted by Crippen LogP contribution is -2.49. The molecule has 2 bridgehead atoms. The Morgan fingerprint density at radius 1 is 1.34 bits per heavy atom. The number of fused-ring (bicyclic) bond motifs is 4. The highest BCUT2D eigenvalue weighted by molar-refractivity contribution is 9.10. The van der Waals surface area contributed by atoms with Crippen LogP contribution in [-0.2, 0) is 12.4 Å². The highest BCUT2D eigenvalue weighted by Gasteiger charge is 2.53. The summed E-state index contributed by atoms with van der Waals surface area (Å²) in [5, 5.41) is 9.92. The Labute approximate surface area is 185 Å². The molecule has 4 aliphatic rings. The zero-order valence-electron chi connectivity index (χ0n) is 19.0. The summed E-state index contributed by atoms with van der Waals surface area (Å²) in [6.45, 7) is -0.720. The fourth-order valence-electron chi connectivity index (χ4n) is 5.26. The Morgan fingerprint density at radius 2 is 2.07 bits per heavy atom. The Morgan fingerprint density at radius 3 is 2.66 bits per heavy atom. The average Bonchev–Trinajstić information content (AvgIpc) is 3.38. The molecule has 152 valence electrons. The van der Waals surface area contributed by atoms with Gasteiger partial charge in [0.05, 0.1) is 15.9 Å². The summed E-state index contributed by atoms with van der Waals surface area (Å²) in [6.07, 6.45) is 9.74. The highest BCUT2D eigenvalue weighted by atomic mass is 79.9. The summed E-state index contributed by atoms with van der Waals surface area (Å²) in [6, 6.07) is 0. The van der Waals surface area contributed by atoms with E-state index in [9.17, 15) is 10.0 Å². The molecule has 6 rings (SSSR count). The van der Waals surface area contributed by atoms with E-state index in [1.165, 1.54) is 11.3 Å². The van der Waals surface area contributed by atoms with Gasteiger partial charge in [0.15, 0.2) is 0 Å². The van der Waals surface area contributed by atoms with Gasteiger partial charge in [-0.2, -0.15) is 0 Å². The van der Waals surface area contributed by atoms with Gasteiger partial charge >= 0.3 is 0 Å². The van der Waals surface area contributed by atoms with Crippen LogP contribution in [0.25, 0.3) is 10.2 Å². The van der Waals surface area contributed by atoms with E-state index in [2.05, 4.69) is 26.4 Å². The Kier molecular flexibility index (Phi) is 3.65. The molecule has 0 spiro atoms. The number of aliphatic imine (C=N–C) groups is 1. The lowest BCUT2D eigenvalue weighted by atomic mass is 9.52. The van der Waals surface area contributed by atoms with Gasteiger partial charge in [0, 0.05) is 33.0 Å². The standard InChI is InChI=1S/C21H23BrN4O2S/c1-12-14(22)15-16(29-12)18(27)26(2)19(24-15)21-8-5-20(6-9-21,7-10-21)17(25-28)13-4-3-11-23-13/h3-4,11,25,28H,5-10H2,1-2H3/i2D3. The first-order valence-electron chi connectivity index (χ1n) is 11.2. The molecule has 29 heavy (non-hydrogen) atoms. The van der Waals surface area contributed by atoms with Gasteiger partial charge in [-0.05, 0) is 73.5 Å². The van der Waals surface area contributed by atoms with Crippen LogP contribution in [0.15, 0.2) is 37.8 Å². The summed E-state index contributed by atoms with van der Waals surface area (Å²) in [5.41, 5.74) is 3.20. The number of hydrogen-bond donors (Lipinski definition) is 2. The number of rotatable bonds is 3. The zero-order chi connectivity index (χ0) is 22.9. The lowest BCUT2D eigenvalue weighted by molar-refractivity contribution is 0.0349. The van der Waals surface area contributed by atoms with Gasteiger partial charge in [-0.1, -0.05) is 0 Å². The van der Waals surface area contributed by atoms with Crippen LogP contribution in [0, 0.1) is 12.3 Å². The quantitative estimate of drug-likeness (QED) is 0.638. The van der Waals surface area contributed by atoms with Crippen molar-refractivity contribution in [3.63, 3.8) is 0 Å². The predicted molar refractivity (Wildman–Crippen MR) is 119 cm³/mol. The maximum absolute atomic E-state index is 13.3. The molecule has 6 nitrogen and oxygen atoms in total. The van der Waals surface area contributed by atoms with Gasteiger partial charge in [-0.25, -0.2) is 4.98 Å². The number of hydroxylamine groups is 1. The minimum Gasteiger partial charge on any atom is -0.298 e. The second-order valence-electron chi connectivity index (χ2n) is 8.30. The number of halogens is 1. The first kappa shape index (κ1) is 16.0. The molecular weight excluding hydrogens is 452 g/mol. The summed E-state index contributed by atoms with van der Waals surface area (Å²) < 4.78 is 26.4. The third kappa shape index (κ3) is 2.65. The van der Waals surface area contributed by atoms with Crippen LogP contribution in [-0.4, -0.2) is 21.0 Å². The number of allylic oxidation sites excluding steroid dienone is 3. The van der Waals surface area contributed by atoms with Crippen LogP contribution in [0.4, 0.5) is 0 Å². The number of hydrogen-bond acceptors (Lipinski definition) is 6.